The Labute approximate surface area is 204 Å². The van der Waals surface area contributed by atoms with Gasteiger partial charge in [-0.3, -0.25) is 0 Å². The number of benzene rings is 4. The molecule has 5 heteroatoms. The van der Waals surface area contributed by atoms with E-state index in [1.165, 1.54) is 21.8 Å². The van der Waals surface area contributed by atoms with E-state index < -0.39 is 7.12 Å². The molecule has 0 bridgehead atoms. The highest BCUT2D eigenvalue weighted by atomic mass is 16.7. The molecule has 35 heavy (non-hydrogen) atoms. The van der Waals surface area contributed by atoms with Gasteiger partial charge in [0.2, 0.25) is 0 Å². The topological polar surface area (TPSA) is 36.5 Å². The second kappa shape index (κ2) is 7.00. The van der Waals surface area contributed by atoms with Crippen LogP contribution in [0.5, 0.6) is 0 Å². The second-order valence-electron chi connectivity index (χ2n) is 10.5. The van der Waals surface area contributed by atoms with E-state index in [9.17, 15) is 0 Å². The number of aromatic nitrogens is 1. The van der Waals surface area contributed by atoms with Crippen molar-refractivity contribution in [1.82, 2.24) is 4.57 Å². The molecule has 7 rings (SSSR count). The van der Waals surface area contributed by atoms with E-state index in [0.717, 1.165) is 33.1 Å². The van der Waals surface area contributed by atoms with Gasteiger partial charge in [0.15, 0.2) is 0 Å². The van der Waals surface area contributed by atoms with Crippen molar-refractivity contribution in [2.24, 2.45) is 0 Å². The fourth-order valence-corrected chi connectivity index (χ4v) is 5.32. The highest BCUT2D eigenvalue weighted by molar-refractivity contribution is 6.62. The van der Waals surface area contributed by atoms with E-state index in [1.54, 1.807) is 0 Å². The first-order valence-electron chi connectivity index (χ1n) is 12.1. The summed E-state index contributed by atoms with van der Waals surface area (Å²) in [6, 6.07) is 29.7. The fraction of sp³-hybridized carbons (Fsp3) is 0.200. The van der Waals surface area contributed by atoms with Crippen molar-refractivity contribution in [2.75, 3.05) is 0 Å². The first-order valence-corrected chi connectivity index (χ1v) is 12.1. The molecule has 172 valence electrons. The van der Waals surface area contributed by atoms with Crippen molar-refractivity contribution >= 4 is 56.3 Å². The Kier molecular flexibility index (Phi) is 4.16. The van der Waals surface area contributed by atoms with E-state index in [2.05, 4.69) is 99.0 Å². The summed E-state index contributed by atoms with van der Waals surface area (Å²) in [6.45, 7) is 8.33. The van der Waals surface area contributed by atoms with Gasteiger partial charge < -0.3 is 18.3 Å². The molecule has 1 saturated heterocycles. The van der Waals surface area contributed by atoms with E-state index in [4.69, 9.17) is 13.7 Å². The molecule has 4 aromatic carbocycles. The summed E-state index contributed by atoms with van der Waals surface area (Å²) in [5.41, 5.74) is 5.40. The molecule has 2 aromatic heterocycles. The molecule has 1 aliphatic heterocycles. The van der Waals surface area contributed by atoms with Crippen LogP contribution in [-0.2, 0) is 9.31 Å². The molecule has 0 unspecified atom stereocenters. The second-order valence-corrected chi connectivity index (χ2v) is 10.5. The molecule has 0 amide bonds. The summed E-state index contributed by atoms with van der Waals surface area (Å²) in [5.74, 6) is 0. The van der Waals surface area contributed by atoms with E-state index in [1.807, 2.05) is 18.2 Å². The van der Waals surface area contributed by atoms with Crippen LogP contribution in [-0.4, -0.2) is 22.9 Å². The average Bonchev–Trinajstić information content (AvgIpc) is 3.45. The first kappa shape index (κ1) is 20.8. The van der Waals surface area contributed by atoms with Gasteiger partial charge in [-0.15, -0.1) is 0 Å². The third kappa shape index (κ3) is 2.89. The van der Waals surface area contributed by atoms with E-state index >= 15 is 0 Å². The van der Waals surface area contributed by atoms with Crippen molar-refractivity contribution in [3.05, 3.63) is 84.9 Å². The lowest BCUT2D eigenvalue weighted by Gasteiger charge is -2.32. The molecule has 6 aromatic rings. The molecule has 3 heterocycles. The molecule has 4 nitrogen and oxygen atoms in total. The zero-order valence-corrected chi connectivity index (χ0v) is 20.3. The maximum atomic E-state index is 6.35. The predicted octanol–water partition coefficient (Wildman–Crippen LogP) is 6.98. The number of para-hydroxylation sites is 2. The zero-order chi connectivity index (χ0) is 23.9. The summed E-state index contributed by atoms with van der Waals surface area (Å²) in [5, 5.41) is 4.63. The maximum Gasteiger partial charge on any atom is 0.494 e. The minimum Gasteiger partial charge on any atom is -0.456 e. The van der Waals surface area contributed by atoms with Crippen LogP contribution in [0, 0.1) is 0 Å². The molecule has 0 aliphatic carbocycles. The fourth-order valence-electron chi connectivity index (χ4n) is 5.32. The Balaban J connectivity index is 1.50. The van der Waals surface area contributed by atoms with Gasteiger partial charge >= 0.3 is 7.12 Å². The van der Waals surface area contributed by atoms with Gasteiger partial charge in [-0.2, -0.15) is 0 Å². The molecular formula is C30H26BNO3. The van der Waals surface area contributed by atoms with Crippen molar-refractivity contribution < 1.29 is 13.7 Å². The van der Waals surface area contributed by atoms with Gasteiger partial charge in [-0.1, -0.05) is 54.6 Å². The standard InChI is InChI=1S/C30H26BNO3/c1-29(2)30(3,4)35-31(34-29)19-16-17-26-22(18-19)28-25(14-9-15-27(28)33-26)32-23-12-7-5-10-20(23)21-11-6-8-13-24(21)32/h5-18H,1-4H3. The molecule has 0 spiro atoms. The summed E-state index contributed by atoms with van der Waals surface area (Å²) in [7, 11) is -0.422. The van der Waals surface area contributed by atoms with Crippen LogP contribution in [0.2, 0.25) is 0 Å². The van der Waals surface area contributed by atoms with Crippen LogP contribution in [0.4, 0.5) is 0 Å². The molecule has 1 fully saturated rings. The monoisotopic (exact) mass is 459 g/mol. The van der Waals surface area contributed by atoms with Crippen molar-refractivity contribution in [3.8, 4) is 5.69 Å². The Bertz CT molecular complexity index is 1710. The molecule has 0 radical (unpaired) electrons. The van der Waals surface area contributed by atoms with Crippen LogP contribution in [0.3, 0.4) is 0 Å². The third-order valence-corrected chi connectivity index (χ3v) is 7.84. The molecular weight excluding hydrogens is 433 g/mol. The first-order chi connectivity index (χ1) is 16.8. The minimum absolute atomic E-state index is 0.390. The highest BCUT2D eigenvalue weighted by Crippen LogP contribution is 2.39. The van der Waals surface area contributed by atoms with Gasteiger partial charge in [0, 0.05) is 16.2 Å². The van der Waals surface area contributed by atoms with Crippen LogP contribution in [0.15, 0.2) is 89.3 Å². The lowest BCUT2D eigenvalue weighted by atomic mass is 9.78. The van der Waals surface area contributed by atoms with Crippen LogP contribution in [0.25, 0.3) is 49.4 Å². The van der Waals surface area contributed by atoms with Crippen LogP contribution in [0.1, 0.15) is 27.7 Å². The molecule has 0 N–H and O–H groups in total. The number of fused-ring (bicyclic) bond motifs is 6. The smallest absolute Gasteiger partial charge is 0.456 e. The van der Waals surface area contributed by atoms with Gasteiger partial charge in [0.05, 0.1) is 33.3 Å². The van der Waals surface area contributed by atoms with Crippen molar-refractivity contribution in [3.63, 3.8) is 0 Å². The lowest BCUT2D eigenvalue weighted by molar-refractivity contribution is 0.00578. The summed E-state index contributed by atoms with van der Waals surface area (Å²) in [4.78, 5) is 0. The number of furan rings is 1. The zero-order valence-electron chi connectivity index (χ0n) is 20.3. The molecule has 1 aliphatic rings. The molecule has 0 atom stereocenters. The highest BCUT2D eigenvalue weighted by Gasteiger charge is 2.51. The quantitative estimate of drug-likeness (QED) is 0.262. The van der Waals surface area contributed by atoms with Crippen LogP contribution >= 0.6 is 0 Å². The summed E-state index contributed by atoms with van der Waals surface area (Å²) >= 11 is 0. The normalized spacial score (nSPS) is 17.3. The minimum atomic E-state index is -0.422. The van der Waals surface area contributed by atoms with Gasteiger partial charge in [-0.05, 0) is 63.5 Å². The van der Waals surface area contributed by atoms with Gasteiger partial charge in [0.1, 0.15) is 11.2 Å². The predicted molar refractivity (Wildman–Crippen MR) is 144 cm³/mol. The Hall–Kier alpha value is -3.54. The largest absolute Gasteiger partial charge is 0.494 e. The lowest BCUT2D eigenvalue weighted by Crippen LogP contribution is -2.41. The van der Waals surface area contributed by atoms with E-state index in [0.29, 0.717) is 0 Å². The van der Waals surface area contributed by atoms with Crippen LogP contribution < -0.4 is 5.46 Å². The van der Waals surface area contributed by atoms with Crippen molar-refractivity contribution in [1.29, 1.82) is 0 Å². The average molecular weight is 459 g/mol. The van der Waals surface area contributed by atoms with E-state index in [-0.39, 0.29) is 11.2 Å². The summed E-state index contributed by atoms with van der Waals surface area (Å²) < 4.78 is 21.4. The number of rotatable bonds is 2. The van der Waals surface area contributed by atoms with Gasteiger partial charge in [-0.25, -0.2) is 0 Å². The van der Waals surface area contributed by atoms with Crippen molar-refractivity contribution in [2.45, 2.75) is 38.9 Å². The SMILES string of the molecule is CC1(C)OB(c2ccc3oc4cccc(-n5c6ccccc6c6ccccc65)c4c3c2)OC1(C)C. The Morgan fingerprint density at radius 2 is 1.26 bits per heavy atom. The number of nitrogens with zero attached hydrogens (tertiary/aromatic N) is 1. The summed E-state index contributed by atoms with van der Waals surface area (Å²) in [6.07, 6.45) is 0. The Morgan fingerprint density at radius 3 is 1.91 bits per heavy atom. The molecule has 0 saturated carbocycles. The third-order valence-electron chi connectivity index (χ3n) is 7.84. The maximum absolute atomic E-state index is 6.35. The van der Waals surface area contributed by atoms with Gasteiger partial charge in [0.25, 0.3) is 0 Å². The number of hydrogen-bond acceptors (Lipinski definition) is 3. The Morgan fingerprint density at radius 1 is 0.629 bits per heavy atom. The number of hydrogen-bond donors (Lipinski definition) is 0.